The van der Waals surface area contributed by atoms with Crippen molar-refractivity contribution < 1.29 is 8.78 Å². The molecule has 0 spiro atoms. The third kappa shape index (κ3) is 2.64. The first kappa shape index (κ1) is 13.7. The first-order chi connectivity index (χ1) is 9.65. The molecule has 0 N–H and O–H groups in total. The Bertz CT molecular complexity index is 624. The summed E-state index contributed by atoms with van der Waals surface area (Å²) in [5, 5.41) is 0. The zero-order chi connectivity index (χ0) is 14.1. The van der Waals surface area contributed by atoms with Crippen molar-refractivity contribution >= 4 is 15.9 Å². The molecule has 3 heteroatoms. The Balaban J connectivity index is 1.81. The van der Waals surface area contributed by atoms with Crippen LogP contribution in [0.3, 0.4) is 0 Å². The van der Waals surface area contributed by atoms with Crippen LogP contribution in [0.4, 0.5) is 8.78 Å². The highest BCUT2D eigenvalue weighted by Crippen LogP contribution is 2.41. The Hall–Kier alpha value is -1.22. The minimum absolute atomic E-state index is 0.278. The van der Waals surface area contributed by atoms with Crippen LogP contribution in [-0.4, -0.2) is 0 Å². The van der Waals surface area contributed by atoms with Crippen molar-refractivity contribution in [2.24, 2.45) is 5.92 Å². The van der Waals surface area contributed by atoms with Gasteiger partial charge >= 0.3 is 0 Å². The molecule has 3 rings (SSSR count). The van der Waals surface area contributed by atoms with Gasteiger partial charge in [-0.1, -0.05) is 46.3 Å². The van der Waals surface area contributed by atoms with Gasteiger partial charge in [0.1, 0.15) is 0 Å². The number of halogens is 3. The van der Waals surface area contributed by atoms with E-state index in [1.54, 1.807) is 6.07 Å². The minimum atomic E-state index is -0.780. The van der Waals surface area contributed by atoms with Crippen molar-refractivity contribution in [1.82, 2.24) is 0 Å². The fourth-order valence-corrected chi connectivity index (χ4v) is 3.84. The maximum absolute atomic E-state index is 13.3. The van der Waals surface area contributed by atoms with Crippen LogP contribution in [0.15, 0.2) is 42.5 Å². The molecular weight excluding hydrogens is 322 g/mol. The number of fused-ring (bicyclic) bond motifs is 1. The van der Waals surface area contributed by atoms with Crippen LogP contribution in [0.25, 0.3) is 0 Å². The minimum Gasteiger partial charge on any atom is -0.204 e. The first-order valence-corrected chi connectivity index (χ1v) is 7.72. The van der Waals surface area contributed by atoms with Crippen molar-refractivity contribution in [1.29, 1.82) is 0 Å². The van der Waals surface area contributed by atoms with Gasteiger partial charge in [-0.25, -0.2) is 8.78 Å². The van der Waals surface area contributed by atoms with Crippen molar-refractivity contribution in [3.63, 3.8) is 0 Å². The average Bonchev–Trinajstić information content (AvgIpc) is 2.46. The maximum atomic E-state index is 13.3. The molecule has 1 aliphatic rings. The first-order valence-electron chi connectivity index (χ1n) is 6.81. The summed E-state index contributed by atoms with van der Waals surface area (Å²) in [6, 6.07) is 12.6. The predicted molar refractivity (Wildman–Crippen MR) is 80.0 cm³/mol. The van der Waals surface area contributed by atoms with Gasteiger partial charge in [-0.3, -0.25) is 0 Å². The lowest BCUT2D eigenvalue weighted by atomic mass is 9.81. The standard InChI is InChI=1S/C17H15BrF2/c18-17-13(7-6-12-3-1-2-4-14(12)17)9-11-5-8-15(19)16(20)10-11/h1-5,8,10,13,17H,6-7,9H2. The van der Waals surface area contributed by atoms with Crippen LogP contribution in [0, 0.1) is 17.6 Å². The fourth-order valence-electron chi connectivity index (χ4n) is 2.95. The second-order valence-electron chi connectivity index (χ2n) is 5.35. The molecule has 0 aromatic heterocycles. The van der Waals surface area contributed by atoms with E-state index in [9.17, 15) is 8.78 Å². The molecule has 0 nitrogen and oxygen atoms in total. The van der Waals surface area contributed by atoms with Crippen LogP contribution < -0.4 is 0 Å². The largest absolute Gasteiger partial charge is 0.204 e. The Morgan fingerprint density at radius 3 is 2.65 bits per heavy atom. The van der Waals surface area contributed by atoms with Crippen LogP contribution in [0.1, 0.15) is 27.9 Å². The molecule has 0 heterocycles. The second kappa shape index (κ2) is 5.65. The fraction of sp³-hybridized carbons (Fsp3) is 0.294. The molecule has 2 unspecified atom stereocenters. The number of hydrogen-bond acceptors (Lipinski definition) is 0. The van der Waals surface area contributed by atoms with Gasteiger partial charge in [0, 0.05) is 4.83 Å². The van der Waals surface area contributed by atoms with Gasteiger partial charge in [0.2, 0.25) is 0 Å². The number of hydrogen-bond donors (Lipinski definition) is 0. The molecule has 2 aromatic carbocycles. The summed E-state index contributed by atoms with van der Waals surface area (Å²) in [7, 11) is 0. The molecule has 0 saturated carbocycles. The van der Waals surface area contributed by atoms with Crippen molar-refractivity contribution in [2.45, 2.75) is 24.1 Å². The number of alkyl halides is 1. The molecule has 0 saturated heterocycles. The molecule has 0 aliphatic heterocycles. The molecule has 104 valence electrons. The highest BCUT2D eigenvalue weighted by Gasteiger charge is 2.27. The van der Waals surface area contributed by atoms with Crippen LogP contribution in [-0.2, 0) is 12.8 Å². The topological polar surface area (TPSA) is 0 Å². The number of aryl methyl sites for hydroxylation is 1. The Labute approximate surface area is 126 Å². The molecule has 0 bridgehead atoms. The lowest BCUT2D eigenvalue weighted by Gasteiger charge is -2.30. The molecule has 20 heavy (non-hydrogen) atoms. The zero-order valence-electron chi connectivity index (χ0n) is 11.0. The van der Waals surface area contributed by atoms with E-state index in [4.69, 9.17) is 0 Å². The van der Waals surface area contributed by atoms with Gasteiger partial charge in [0.05, 0.1) is 0 Å². The van der Waals surface area contributed by atoms with Crippen LogP contribution >= 0.6 is 15.9 Å². The van der Waals surface area contributed by atoms with Crippen molar-refractivity contribution in [3.05, 3.63) is 70.8 Å². The molecular formula is C17H15BrF2. The van der Waals surface area contributed by atoms with Crippen LogP contribution in [0.5, 0.6) is 0 Å². The Kier molecular flexibility index (Phi) is 3.88. The SMILES string of the molecule is Fc1ccc(CC2CCc3ccccc3C2Br)cc1F. The Morgan fingerprint density at radius 1 is 1.05 bits per heavy atom. The van der Waals surface area contributed by atoms with E-state index in [1.807, 2.05) is 6.07 Å². The van der Waals surface area contributed by atoms with Crippen molar-refractivity contribution in [2.75, 3.05) is 0 Å². The monoisotopic (exact) mass is 336 g/mol. The summed E-state index contributed by atoms with van der Waals surface area (Å²) in [5.41, 5.74) is 3.57. The molecule has 2 aromatic rings. The summed E-state index contributed by atoms with van der Waals surface area (Å²) < 4.78 is 26.2. The highest BCUT2D eigenvalue weighted by molar-refractivity contribution is 9.09. The summed E-state index contributed by atoms with van der Waals surface area (Å²) in [6.07, 6.45) is 2.87. The van der Waals surface area contributed by atoms with E-state index >= 15 is 0 Å². The number of benzene rings is 2. The van der Waals surface area contributed by atoms with Gasteiger partial charge in [-0.05, 0) is 54.0 Å². The predicted octanol–water partition coefficient (Wildman–Crippen LogP) is 5.21. The maximum Gasteiger partial charge on any atom is 0.159 e. The highest BCUT2D eigenvalue weighted by atomic mass is 79.9. The Morgan fingerprint density at radius 2 is 1.85 bits per heavy atom. The molecule has 0 fully saturated rings. The van der Waals surface area contributed by atoms with Gasteiger partial charge < -0.3 is 0 Å². The summed E-state index contributed by atoms with van der Waals surface area (Å²) in [5.74, 6) is -1.13. The average molecular weight is 337 g/mol. The van der Waals surface area contributed by atoms with Gasteiger partial charge in [-0.2, -0.15) is 0 Å². The van der Waals surface area contributed by atoms with Gasteiger partial charge in [0.15, 0.2) is 11.6 Å². The smallest absolute Gasteiger partial charge is 0.159 e. The van der Waals surface area contributed by atoms with E-state index in [0.29, 0.717) is 5.92 Å². The third-order valence-electron chi connectivity index (χ3n) is 4.03. The number of rotatable bonds is 2. The second-order valence-corrected chi connectivity index (χ2v) is 6.34. The van der Waals surface area contributed by atoms with E-state index in [1.165, 1.54) is 23.3 Å². The molecule has 1 aliphatic carbocycles. The summed E-state index contributed by atoms with van der Waals surface area (Å²) in [6.45, 7) is 0. The lowest BCUT2D eigenvalue weighted by Crippen LogP contribution is -2.18. The van der Waals surface area contributed by atoms with E-state index in [-0.39, 0.29) is 4.83 Å². The van der Waals surface area contributed by atoms with Gasteiger partial charge in [-0.15, -0.1) is 0 Å². The van der Waals surface area contributed by atoms with E-state index in [2.05, 4.69) is 34.1 Å². The van der Waals surface area contributed by atoms with Gasteiger partial charge in [0.25, 0.3) is 0 Å². The molecule has 2 atom stereocenters. The lowest BCUT2D eigenvalue weighted by molar-refractivity contribution is 0.449. The van der Waals surface area contributed by atoms with Crippen molar-refractivity contribution in [3.8, 4) is 0 Å². The zero-order valence-corrected chi connectivity index (χ0v) is 12.5. The molecule has 0 amide bonds. The van der Waals surface area contributed by atoms with Crippen LogP contribution in [0.2, 0.25) is 0 Å². The quantitative estimate of drug-likeness (QED) is 0.660. The summed E-state index contributed by atoms with van der Waals surface area (Å²) in [4.78, 5) is 0.278. The summed E-state index contributed by atoms with van der Waals surface area (Å²) >= 11 is 3.78. The van der Waals surface area contributed by atoms with E-state index in [0.717, 1.165) is 24.8 Å². The molecule has 0 radical (unpaired) electrons. The normalized spacial score (nSPS) is 21.6. The van der Waals surface area contributed by atoms with E-state index < -0.39 is 11.6 Å². The third-order valence-corrected chi connectivity index (χ3v) is 5.27.